The summed E-state index contributed by atoms with van der Waals surface area (Å²) in [6.07, 6.45) is 1.20. The van der Waals surface area contributed by atoms with E-state index in [0.717, 1.165) is 17.3 Å². The zero-order valence-electron chi connectivity index (χ0n) is 16.2. The molecule has 3 rings (SSSR count). The Morgan fingerprint density at radius 2 is 2.16 bits per heavy atom. The van der Waals surface area contributed by atoms with Crippen molar-refractivity contribution in [3.05, 3.63) is 57.0 Å². The summed E-state index contributed by atoms with van der Waals surface area (Å²) in [5.74, 6) is -0.446. The lowest BCUT2D eigenvalue weighted by atomic mass is 10.2. The highest BCUT2D eigenvalue weighted by Gasteiger charge is 2.32. The smallest absolute Gasteiger partial charge is 0.305 e. The van der Waals surface area contributed by atoms with Crippen molar-refractivity contribution in [2.45, 2.75) is 18.3 Å². The monoisotopic (exact) mass is 525 g/mol. The van der Waals surface area contributed by atoms with E-state index in [1.165, 1.54) is 13.3 Å². The Bertz CT molecular complexity index is 1060. The van der Waals surface area contributed by atoms with E-state index in [0.29, 0.717) is 26.6 Å². The van der Waals surface area contributed by atoms with E-state index in [2.05, 4.69) is 31.4 Å². The fourth-order valence-electron chi connectivity index (χ4n) is 2.61. The standard InChI is InChI=1S/C20H17BrClN3O5S/c1-29-15-7-11(9-23-25-20-24-19(28)16(31-20)8-17(26)27)6-13(21)18(15)30-10-12-4-2-3-5-14(12)22/h2-7,9,16H,8,10H2,1H3,(H,26,27)(H,24,25,28)/b23-9+. The topological polar surface area (TPSA) is 110 Å². The molecule has 11 heteroatoms. The van der Waals surface area contributed by atoms with Gasteiger partial charge in [-0.15, -0.1) is 5.10 Å². The number of halogens is 2. The predicted molar refractivity (Wildman–Crippen MR) is 123 cm³/mol. The van der Waals surface area contributed by atoms with E-state index >= 15 is 0 Å². The molecule has 1 fully saturated rings. The predicted octanol–water partition coefficient (Wildman–Crippen LogP) is 4.09. The SMILES string of the molecule is COc1cc(/C=N/N=C2\NC(=O)C(CC(=O)O)S2)cc(Br)c1OCc1ccccc1Cl. The third-order valence-electron chi connectivity index (χ3n) is 4.07. The second-order valence-electron chi connectivity index (χ2n) is 6.26. The number of nitrogens with one attached hydrogen (secondary N) is 1. The van der Waals surface area contributed by atoms with Crippen LogP contribution in [0.15, 0.2) is 51.1 Å². The summed E-state index contributed by atoms with van der Waals surface area (Å²) < 4.78 is 12.0. The minimum atomic E-state index is -1.05. The fraction of sp³-hybridized carbons (Fsp3) is 0.200. The van der Waals surface area contributed by atoms with Gasteiger partial charge in [-0.1, -0.05) is 41.6 Å². The molecule has 31 heavy (non-hydrogen) atoms. The highest BCUT2D eigenvalue weighted by atomic mass is 79.9. The van der Waals surface area contributed by atoms with E-state index in [1.807, 2.05) is 18.2 Å². The fourth-order valence-corrected chi connectivity index (χ4v) is 4.29. The zero-order chi connectivity index (χ0) is 22.4. The Morgan fingerprint density at radius 1 is 1.39 bits per heavy atom. The van der Waals surface area contributed by atoms with Gasteiger partial charge < -0.3 is 19.9 Å². The lowest BCUT2D eigenvalue weighted by molar-refractivity contribution is -0.138. The number of ether oxygens (including phenoxy) is 2. The molecule has 8 nitrogen and oxygen atoms in total. The van der Waals surface area contributed by atoms with Gasteiger partial charge in [-0.3, -0.25) is 9.59 Å². The number of methoxy groups -OCH3 is 1. The molecule has 0 saturated carbocycles. The number of nitrogens with zero attached hydrogens (tertiary/aromatic N) is 2. The lowest BCUT2D eigenvalue weighted by Gasteiger charge is -2.14. The number of benzene rings is 2. The number of amidine groups is 1. The summed E-state index contributed by atoms with van der Waals surface area (Å²) in [5, 5.41) is 19.4. The second kappa shape index (κ2) is 10.7. The molecule has 0 bridgehead atoms. The van der Waals surface area contributed by atoms with Crippen molar-refractivity contribution in [1.82, 2.24) is 5.32 Å². The van der Waals surface area contributed by atoms with Gasteiger partial charge in [0, 0.05) is 10.6 Å². The highest BCUT2D eigenvalue weighted by molar-refractivity contribution is 9.10. The van der Waals surface area contributed by atoms with Crippen LogP contribution in [0.25, 0.3) is 0 Å². The van der Waals surface area contributed by atoms with Crippen LogP contribution in [0.1, 0.15) is 17.5 Å². The van der Waals surface area contributed by atoms with Crippen LogP contribution in [0.3, 0.4) is 0 Å². The minimum Gasteiger partial charge on any atom is -0.493 e. The molecule has 1 saturated heterocycles. The summed E-state index contributed by atoms with van der Waals surface area (Å²) in [6, 6.07) is 10.9. The maximum absolute atomic E-state index is 11.7. The van der Waals surface area contributed by atoms with E-state index in [4.69, 9.17) is 26.2 Å². The molecule has 1 aliphatic rings. The number of carboxylic acid groups (broad SMARTS) is 1. The number of rotatable bonds is 8. The molecular formula is C20H17BrClN3O5S. The van der Waals surface area contributed by atoms with E-state index in [-0.39, 0.29) is 18.2 Å². The first-order valence-electron chi connectivity index (χ1n) is 8.91. The largest absolute Gasteiger partial charge is 0.493 e. The van der Waals surface area contributed by atoms with Crippen LogP contribution in [0.2, 0.25) is 5.02 Å². The van der Waals surface area contributed by atoms with E-state index in [1.54, 1.807) is 18.2 Å². The van der Waals surface area contributed by atoms with Gasteiger partial charge in [0.2, 0.25) is 5.91 Å². The number of carboxylic acids is 1. The zero-order valence-corrected chi connectivity index (χ0v) is 19.3. The Hall–Kier alpha value is -2.56. The molecule has 0 spiro atoms. The normalized spacial score (nSPS) is 17.2. The van der Waals surface area contributed by atoms with Gasteiger partial charge in [-0.2, -0.15) is 5.10 Å². The first-order chi connectivity index (χ1) is 14.9. The van der Waals surface area contributed by atoms with Crippen LogP contribution in [-0.4, -0.2) is 40.7 Å². The average Bonchev–Trinajstić information content (AvgIpc) is 3.06. The molecule has 1 amide bonds. The van der Waals surface area contributed by atoms with Gasteiger partial charge in [0.15, 0.2) is 16.7 Å². The molecule has 0 aromatic heterocycles. The molecule has 2 aromatic carbocycles. The molecule has 0 aliphatic carbocycles. The Balaban J connectivity index is 1.70. The molecule has 1 heterocycles. The Kier molecular flexibility index (Phi) is 7.94. The van der Waals surface area contributed by atoms with Gasteiger partial charge in [-0.05, 0) is 39.7 Å². The van der Waals surface area contributed by atoms with Gasteiger partial charge in [0.05, 0.1) is 24.2 Å². The van der Waals surface area contributed by atoms with Crippen LogP contribution >= 0.6 is 39.3 Å². The maximum Gasteiger partial charge on any atom is 0.305 e. The molecule has 2 N–H and O–H groups in total. The number of aliphatic carboxylic acids is 1. The quantitative estimate of drug-likeness (QED) is 0.396. The van der Waals surface area contributed by atoms with Gasteiger partial charge >= 0.3 is 5.97 Å². The second-order valence-corrected chi connectivity index (χ2v) is 8.71. The number of carbonyl (C=O) groups excluding carboxylic acids is 1. The van der Waals surface area contributed by atoms with Crippen molar-refractivity contribution in [2.24, 2.45) is 10.2 Å². The van der Waals surface area contributed by atoms with Crippen molar-refractivity contribution in [2.75, 3.05) is 7.11 Å². The molecule has 1 atom stereocenters. The van der Waals surface area contributed by atoms with Crippen molar-refractivity contribution in [3.8, 4) is 11.5 Å². The molecule has 2 aromatic rings. The number of amides is 1. The number of hydrogen-bond acceptors (Lipinski definition) is 7. The minimum absolute atomic E-state index is 0.248. The summed E-state index contributed by atoms with van der Waals surface area (Å²) in [7, 11) is 1.53. The molecule has 1 unspecified atom stereocenters. The first-order valence-corrected chi connectivity index (χ1v) is 11.0. The first kappa shape index (κ1) is 23.1. The van der Waals surface area contributed by atoms with Crippen molar-refractivity contribution < 1.29 is 24.2 Å². The highest BCUT2D eigenvalue weighted by Crippen LogP contribution is 2.37. The summed E-state index contributed by atoms with van der Waals surface area (Å²) in [5.41, 5.74) is 1.52. The maximum atomic E-state index is 11.7. The third kappa shape index (κ3) is 6.22. The number of carbonyl (C=O) groups is 2. The Morgan fingerprint density at radius 3 is 2.87 bits per heavy atom. The number of hydrogen-bond donors (Lipinski definition) is 2. The van der Waals surface area contributed by atoms with Crippen LogP contribution in [-0.2, 0) is 16.2 Å². The van der Waals surface area contributed by atoms with Crippen LogP contribution < -0.4 is 14.8 Å². The van der Waals surface area contributed by atoms with Crippen LogP contribution in [0, 0.1) is 0 Å². The summed E-state index contributed by atoms with van der Waals surface area (Å²) >= 11 is 10.7. The van der Waals surface area contributed by atoms with Gasteiger partial charge in [-0.25, -0.2) is 0 Å². The molecule has 162 valence electrons. The third-order valence-corrected chi connectivity index (χ3v) is 6.10. The molecule has 0 radical (unpaired) electrons. The van der Waals surface area contributed by atoms with Crippen molar-refractivity contribution >= 4 is 62.6 Å². The molecular weight excluding hydrogens is 510 g/mol. The summed E-state index contributed by atoms with van der Waals surface area (Å²) in [6.45, 7) is 0.268. The van der Waals surface area contributed by atoms with Gasteiger partial charge in [0.25, 0.3) is 0 Å². The van der Waals surface area contributed by atoms with Crippen molar-refractivity contribution in [1.29, 1.82) is 0 Å². The van der Waals surface area contributed by atoms with Crippen molar-refractivity contribution in [3.63, 3.8) is 0 Å². The van der Waals surface area contributed by atoms with Gasteiger partial charge in [0.1, 0.15) is 11.9 Å². The number of thioether (sulfide) groups is 1. The molecule has 1 aliphatic heterocycles. The summed E-state index contributed by atoms with van der Waals surface area (Å²) in [4.78, 5) is 22.5. The van der Waals surface area contributed by atoms with Crippen LogP contribution in [0.5, 0.6) is 11.5 Å². The van der Waals surface area contributed by atoms with E-state index in [9.17, 15) is 9.59 Å². The van der Waals surface area contributed by atoms with Crippen LogP contribution in [0.4, 0.5) is 0 Å². The Labute approximate surface area is 195 Å². The average molecular weight is 527 g/mol. The van der Waals surface area contributed by atoms with E-state index < -0.39 is 17.1 Å². The lowest BCUT2D eigenvalue weighted by Crippen LogP contribution is -2.26.